The number of benzene rings is 2. The summed E-state index contributed by atoms with van der Waals surface area (Å²) in [5, 5.41) is 16.0. The molecule has 0 aliphatic heterocycles. The maximum atomic E-state index is 11.9. The average Bonchev–Trinajstić information content (AvgIpc) is 2.54. The normalized spacial score (nSPS) is 11.0. The Balaban J connectivity index is 1.87. The Labute approximate surface area is 140 Å². The number of aryl methyl sites for hydroxylation is 1. The van der Waals surface area contributed by atoms with Crippen LogP contribution in [0.4, 0.5) is 5.69 Å². The van der Waals surface area contributed by atoms with Crippen molar-refractivity contribution in [3.05, 3.63) is 59.7 Å². The second kappa shape index (κ2) is 7.92. The van der Waals surface area contributed by atoms with E-state index >= 15 is 0 Å². The van der Waals surface area contributed by atoms with Gasteiger partial charge in [0.05, 0.1) is 6.42 Å². The van der Waals surface area contributed by atoms with Crippen LogP contribution in [0.15, 0.2) is 53.6 Å². The first-order valence-corrected chi connectivity index (χ1v) is 7.43. The predicted molar refractivity (Wildman–Crippen MR) is 93.1 cm³/mol. The minimum Gasteiger partial charge on any atom is -0.508 e. The zero-order valence-corrected chi connectivity index (χ0v) is 13.5. The molecule has 0 radical (unpaired) electrons. The first kappa shape index (κ1) is 17.2. The van der Waals surface area contributed by atoms with E-state index in [1.165, 1.54) is 12.1 Å². The highest BCUT2D eigenvalue weighted by Gasteiger charge is 2.07. The summed E-state index contributed by atoms with van der Waals surface area (Å²) < 4.78 is 0. The lowest BCUT2D eigenvalue weighted by atomic mass is 10.2. The number of amides is 2. The van der Waals surface area contributed by atoms with Gasteiger partial charge in [0.2, 0.25) is 5.91 Å². The molecule has 2 rings (SSSR count). The smallest absolute Gasteiger partial charge is 0.271 e. The number of nitrogens with one attached hydrogen (secondary N) is 2. The summed E-state index contributed by atoms with van der Waals surface area (Å²) in [5.74, 6) is -0.670. The Morgan fingerprint density at radius 2 is 1.83 bits per heavy atom. The molecule has 0 fully saturated rings. The van der Waals surface area contributed by atoms with Gasteiger partial charge in [0.15, 0.2) is 0 Å². The van der Waals surface area contributed by atoms with E-state index in [-0.39, 0.29) is 23.6 Å². The summed E-state index contributed by atoms with van der Waals surface area (Å²) in [6.45, 7) is 3.62. The molecular weight excluding hydrogens is 306 g/mol. The molecule has 6 heteroatoms. The minimum absolute atomic E-state index is 0.000766. The summed E-state index contributed by atoms with van der Waals surface area (Å²) in [6.07, 6.45) is 0.0637. The number of aromatic hydroxyl groups is 1. The topological polar surface area (TPSA) is 90.8 Å². The summed E-state index contributed by atoms with van der Waals surface area (Å²) >= 11 is 0. The van der Waals surface area contributed by atoms with Crippen molar-refractivity contribution < 1.29 is 14.7 Å². The molecular formula is C18H19N3O3. The van der Waals surface area contributed by atoms with Gasteiger partial charge in [0.25, 0.3) is 5.91 Å². The van der Waals surface area contributed by atoms with Crippen molar-refractivity contribution in [1.29, 1.82) is 0 Å². The molecule has 0 unspecified atom stereocenters. The lowest BCUT2D eigenvalue weighted by Crippen LogP contribution is -2.21. The summed E-state index contributed by atoms with van der Waals surface area (Å²) in [7, 11) is 0. The van der Waals surface area contributed by atoms with Crippen LogP contribution in [0.3, 0.4) is 0 Å². The number of phenols is 1. The molecule has 0 saturated carbocycles. The molecule has 0 aliphatic rings. The van der Waals surface area contributed by atoms with E-state index in [4.69, 9.17) is 0 Å². The van der Waals surface area contributed by atoms with Crippen molar-refractivity contribution in [2.45, 2.75) is 20.3 Å². The largest absolute Gasteiger partial charge is 0.508 e. The molecule has 0 atom stereocenters. The lowest BCUT2D eigenvalue weighted by Gasteiger charge is -2.06. The highest BCUT2D eigenvalue weighted by molar-refractivity contribution is 6.06. The van der Waals surface area contributed by atoms with E-state index in [9.17, 15) is 14.7 Å². The Morgan fingerprint density at radius 3 is 2.50 bits per heavy atom. The Kier molecular flexibility index (Phi) is 5.68. The molecule has 0 heterocycles. The van der Waals surface area contributed by atoms with Gasteiger partial charge in [-0.15, -0.1) is 0 Å². The fraction of sp³-hybridized carbons (Fsp3) is 0.167. The van der Waals surface area contributed by atoms with E-state index in [1.807, 2.05) is 31.2 Å². The van der Waals surface area contributed by atoms with Crippen molar-refractivity contribution in [1.82, 2.24) is 5.43 Å². The van der Waals surface area contributed by atoms with Crippen molar-refractivity contribution in [3.63, 3.8) is 0 Å². The third-order valence-corrected chi connectivity index (χ3v) is 3.21. The zero-order chi connectivity index (χ0) is 17.5. The van der Waals surface area contributed by atoms with Crippen molar-refractivity contribution >= 4 is 23.2 Å². The number of carbonyl (C=O) groups excluding carboxylic acids is 2. The van der Waals surface area contributed by atoms with Gasteiger partial charge in [-0.2, -0.15) is 5.10 Å². The van der Waals surface area contributed by atoms with Crippen LogP contribution in [0, 0.1) is 6.92 Å². The molecule has 2 aromatic carbocycles. The monoisotopic (exact) mass is 325 g/mol. The first-order chi connectivity index (χ1) is 11.4. The molecule has 0 saturated heterocycles. The van der Waals surface area contributed by atoms with Gasteiger partial charge in [-0.05, 0) is 44.2 Å². The molecule has 24 heavy (non-hydrogen) atoms. The number of hydrazone groups is 1. The Bertz CT molecular complexity index is 767. The van der Waals surface area contributed by atoms with Crippen LogP contribution in [-0.2, 0) is 4.79 Å². The number of anilines is 1. The van der Waals surface area contributed by atoms with Crippen LogP contribution in [0.5, 0.6) is 5.75 Å². The van der Waals surface area contributed by atoms with Gasteiger partial charge in [0, 0.05) is 17.0 Å². The number of nitrogens with zero attached hydrogens (tertiary/aromatic N) is 1. The quantitative estimate of drug-likeness (QED) is 0.583. The minimum atomic E-state index is -0.454. The average molecular weight is 325 g/mol. The number of hydrogen-bond donors (Lipinski definition) is 3. The van der Waals surface area contributed by atoms with Gasteiger partial charge < -0.3 is 10.4 Å². The third-order valence-electron chi connectivity index (χ3n) is 3.21. The summed E-state index contributed by atoms with van der Waals surface area (Å²) in [6, 6.07) is 13.4. The van der Waals surface area contributed by atoms with Crippen LogP contribution in [-0.4, -0.2) is 22.6 Å². The van der Waals surface area contributed by atoms with Crippen LogP contribution in [0.1, 0.15) is 29.3 Å². The molecule has 2 amide bonds. The maximum absolute atomic E-state index is 11.9. The van der Waals surface area contributed by atoms with Gasteiger partial charge in [-0.25, -0.2) is 5.43 Å². The third kappa shape index (κ3) is 5.24. The second-order valence-electron chi connectivity index (χ2n) is 5.43. The molecule has 124 valence electrons. The van der Waals surface area contributed by atoms with Gasteiger partial charge in [0.1, 0.15) is 5.75 Å². The Morgan fingerprint density at radius 1 is 1.12 bits per heavy atom. The van der Waals surface area contributed by atoms with Crippen molar-refractivity contribution in [3.8, 4) is 5.75 Å². The predicted octanol–water partition coefficient (Wildman–Crippen LogP) is 2.84. The van der Waals surface area contributed by atoms with E-state index in [2.05, 4.69) is 15.8 Å². The molecule has 6 nitrogen and oxygen atoms in total. The summed E-state index contributed by atoms with van der Waals surface area (Å²) in [4.78, 5) is 23.8. The fourth-order valence-corrected chi connectivity index (χ4v) is 1.97. The number of hydrogen-bond acceptors (Lipinski definition) is 4. The molecule has 0 aliphatic carbocycles. The SMILES string of the molecule is CC(CC(=O)Nc1ccc(C)cc1)=NNC(=O)c1cccc(O)c1. The van der Waals surface area contributed by atoms with E-state index in [1.54, 1.807) is 19.1 Å². The van der Waals surface area contributed by atoms with Crippen molar-refractivity contribution in [2.75, 3.05) is 5.32 Å². The van der Waals surface area contributed by atoms with Crippen molar-refractivity contribution in [2.24, 2.45) is 5.10 Å². The molecule has 3 N–H and O–H groups in total. The van der Waals surface area contributed by atoms with Crippen LogP contribution in [0.25, 0.3) is 0 Å². The summed E-state index contributed by atoms with van der Waals surface area (Å²) in [5.41, 5.74) is 4.94. The second-order valence-corrected chi connectivity index (χ2v) is 5.43. The fourth-order valence-electron chi connectivity index (χ4n) is 1.97. The zero-order valence-electron chi connectivity index (χ0n) is 13.5. The number of carbonyl (C=O) groups is 2. The van der Waals surface area contributed by atoms with Crippen LogP contribution >= 0.6 is 0 Å². The van der Waals surface area contributed by atoms with E-state index in [0.29, 0.717) is 11.4 Å². The number of rotatable bonds is 5. The standard InChI is InChI=1S/C18H19N3O3/c1-12-6-8-15(9-7-12)19-17(23)10-13(2)20-21-18(24)14-4-3-5-16(22)11-14/h3-9,11,22H,10H2,1-2H3,(H,19,23)(H,21,24). The molecule has 0 aromatic heterocycles. The van der Waals surface area contributed by atoms with E-state index in [0.717, 1.165) is 5.56 Å². The van der Waals surface area contributed by atoms with Gasteiger partial charge >= 0.3 is 0 Å². The van der Waals surface area contributed by atoms with Gasteiger partial charge in [-0.3, -0.25) is 9.59 Å². The van der Waals surface area contributed by atoms with Gasteiger partial charge in [-0.1, -0.05) is 23.8 Å². The Hall–Kier alpha value is -3.15. The highest BCUT2D eigenvalue weighted by atomic mass is 16.3. The van der Waals surface area contributed by atoms with Crippen LogP contribution in [0.2, 0.25) is 0 Å². The maximum Gasteiger partial charge on any atom is 0.271 e. The van der Waals surface area contributed by atoms with Crippen LogP contribution < -0.4 is 10.7 Å². The number of phenolic OH excluding ortho intramolecular Hbond substituents is 1. The molecule has 0 bridgehead atoms. The first-order valence-electron chi connectivity index (χ1n) is 7.43. The lowest BCUT2D eigenvalue weighted by molar-refractivity contribution is -0.115. The molecule has 0 spiro atoms. The van der Waals surface area contributed by atoms with E-state index < -0.39 is 5.91 Å². The molecule has 2 aromatic rings. The highest BCUT2D eigenvalue weighted by Crippen LogP contribution is 2.11.